The van der Waals surface area contributed by atoms with Gasteiger partial charge in [0.25, 0.3) is 5.65 Å². The molecule has 3 heterocycles. The largest absolute Gasteiger partial charge is 0.343 e. The third kappa shape index (κ3) is 2.05. The third-order valence-electron chi connectivity index (χ3n) is 6.33. The Bertz CT molecular complexity index is 1580. The molecule has 0 amide bonds. The summed E-state index contributed by atoms with van der Waals surface area (Å²) >= 11 is 0. The van der Waals surface area contributed by atoms with Crippen molar-refractivity contribution >= 4 is 43.7 Å². The van der Waals surface area contributed by atoms with Crippen molar-refractivity contribution in [1.82, 2.24) is 9.13 Å². The minimum Gasteiger partial charge on any atom is -0.343 e. The van der Waals surface area contributed by atoms with Crippen molar-refractivity contribution in [2.75, 3.05) is 0 Å². The number of hydrogen-bond donors (Lipinski definition) is 0. The first-order valence-corrected chi connectivity index (χ1v) is 10.0. The van der Waals surface area contributed by atoms with E-state index < -0.39 is 0 Å². The van der Waals surface area contributed by atoms with Crippen LogP contribution in [0.2, 0.25) is 0 Å². The highest BCUT2D eigenvalue weighted by atomic mass is 15.1. The van der Waals surface area contributed by atoms with E-state index in [1.807, 2.05) is 0 Å². The van der Waals surface area contributed by atoms with E-state index >= 15 is 0 Å². The lowest BCUT2D eigenvalue weighted by atomic mass is 10.1. The van der Waals surface area contributed by atoms with E-state index in [4.69, 9.17) is 0 Å². The molecule has 0 spiro atoms. The lowest BCUT2D eigenvalue weighted by Crippen LogP contribution is -2.30. The van der Waals surface area contributed by atoms with Crippen molar-refractivity contribution in [1.29, 1.82) is 0 Å². The molecule has 0 unspecified atom stereocenters. The molecular weight excluding hydrogens is 354 g/mol. The van der Waals surface area contributed by atoms with Crippen LogP contribution in [0.25, 0.3) is 49.4 Å². The number of para-hydroxylation sites is 2. The number of nitrogens with zero attached hydrogens (tertiary/aromatic N) is 3. The summed E-state index contributed by atoms with van der Waals surface area (Å²) in [6.07, 6.45) is 2.13. The summed E-state index contributed by atoms with van der Waals surface area (Å²) in [5.74, 6) is 0. The second kappa shape index (κ2) is 5.71. The third-order valence-corrected chi connectivity index (χ3v) is 6.33. The van der Waals surface area contributed by atoms with Gasteiger partial charge in [-0.05, 0) is 49.4 Å². The molecule has 140 valence electrons. The summed E-state index contributed by atoms with van der Waals surface area (Å²) in [5.41, 5.74) is 7.56. The van der Waals surface area contributed by atoms with Gasteiger partial charge in [-0.3, -0.25) is 0 Å². The van der Waals surface area contributed by atoms with Gasteiger partial charge in [-0.25, -0.2) is 4.57 Å². The molecule has 0 aliphatic carbocycles. The van der Waals surface area contributed by atoms with Crippen LogP contribution in [0, 0.1) is 6.92 Å². The summed E-state index contributed by atoms with van der Waals surface area (Å²) in [5, 5.41) is 5.19. The summed E-state index contributed by atoms with van der Waals surface area (Å²) in [4.78, 5) is 0. The Morgan fingerprint density at radius 1 is 0.690 bits per heavy atom. The van der Waals surface area contributed by atoms with Gasteiger partial charge in [-0.1, -0.05) is 30.3 Å². The van der Waals surface area contributed by atoms with Crippen LogP contribution < -0.4 is 4.57 Å². The fraction of sp³-hybridized carbons (Fsp3) is 0.115. The molecule has 3 heteroatoms. The van der Waals surface area contributed by atoms with Gasteiger partial charge in [0.2, 0.25) is 0 Å². The average molecular weight is 376 g/mol. The lowest BCUT2D eigenvalue weighted by Gasteiger charge is -2.09. The number of aryl methyl sites for hydroxylation is 3. The van der Waals surface area contributed by atoms with Crippen molar-refractivity contribution in [2.45, 2.75) is 6.92 Å². The van der Waals surface area contributed by atoms with Crippen LogP contribution in [0.4, 0.5) is 0 Å². The molecule has 0 radical (unpaired) electrons. The van der Waals surface area contributed by atoms with Gasteiger partial charge >= 0.3 is 0 Å². The molecule has 6 rings (SSSR count). The lowest BCUT2D eigenvalue weighted by molar-refractivity contribution is -0.647. The molecule has 0 fully saturated rings. The standard InChI is InChI=1S/C26H22N3/c1-17-22(15-14-20-18-9-4-6-12-23(18)28(3)25(17)20)29-24-13-7-5-10-19(24)21-11-8-16-27(2)26(21)29/h4-16H,1-3H3/q+1. The highest BCUT2D eigenvalue weighted by molar-refractivity contribution is 6.11. The normalized spacial score (nSPS) is 12.0. The smallest absolute Gasteiger partial charge is 0.294 e. The Hall–Kier alpha value is -3.59. The molecule has 3 aromatic carbocycles. The SMILES string of the molecule is Cc1c(-n2c3ccccc3c3ccc[n+](C)c32)ccc2c3ccccc3n(C)c12. The van der Waals surface area contributed by atoms with Crippen LogP contribution in [-0.4, -0.2) is 9.13 Å². The molecule has 0 saturated heterocycles. The predicted octanol–water partition coefficient (Wildman–Crippen LogP) is 5.56. The van der Waals surface area contributed by atoms with E-state index in [-0.39, 0.29) is 0 Å². The van der Waals surface area contributed by atoms with E-state index in [9.17, 15) is 0 Å². The van der Waals surface area contributed by atoms with Gasteiger partial charge in [-0.2, -0.15) is 4.57 Å². The zero-order chi connectivity index (χ0) is 19.7. The van der Waals surface area contributed by atoms with Crippen molar-refractivity contribution in [2.24, 2.45) is 14.1 Å². The first kappa shape index (κ1) is 16.4. The number of pyridine rings is 1. The molecule has 0 bridgehead atoms. The number of benzene rings is 3. The topological polar surface area (TPSA) is 13.7 Å². The molecule has 3 aromatic heterocycles. The maximum absolute atomic E-state index is 2.41. The van der Waals surface area contributed by atoms with Gasteiger partial charge < -0.3 is 4.57 Å². The molecule has 6 aromatic rings. The predicted molar refractivity (Wildman–Crippen MR) is 121 cm³/mol. The van der Waals surface area contributed by atoms with Crippen LogP contribution in [0.3, 0.4) is 0 Å². The van der Waals surface area contributed by atoms with Gasteiger partial charge in [0.15, 0.2) is 0 Å². The van der Waals surface area contributed by atoms with Crippen LogP contribution >= 0.6 is 0 Å². The Balaban J connectivity index is 1.82. The first-order chi connectivity index (χ1) is 14.2. The Kier molecular flexibility index (Phi) is 3.22. The van der Waals surface area contributed by atoms with Gasteiger partial charge in [0.1, 0.15) is 11.2 Å². The van der Waals surface area contributed by atoms with E-state index in [1.54, 1.807) is 0 Å². The van der Waals surface area contributed by atoms with Crippen molar-refractivity contribution < 1.29 is 4.57 Å². The Labute approximate surface area is 169 Å². The van der Waals surface area contributed by atoms with Gasteiger partial charge in [-0.15, -0.1) is 0 Å². The first-order valence-electron chi connectivity index (χ1n) is 10.0. The minimum atomic E-state index is 1.22. The number of aromatic nitrogens is 3. The maximum atomic E-state index is 2.41. The van der Waals surface area contributed by atoms with E-state index in [0.717, 1.165) is 0 Å². The van der Waals surface area contributed by atoms with Gasteiger partial charge in [0.05, 0.1) is 24.1 Å². The summed E-state index contributed by atoms with van der Waals surface area (Å²) in [6, 6.07) is 26.3. The summed E-state index contributed by atoms with van der Waals surface area (Å²) in [6.45, 7) is 2.25. The average Bonchev–Trinajstić information content (AvgIpc) is 3.23. The molecule has 0 aliphatic heterocycles. The van der Waals surface area contributed by atoms with E-state index in [1.165, 1.54) is 55.0 Å². The molecular formula is C26H22N3+. The molecule has 0 aliphatic rings. The van der Waals surface area contributed by atoms with Crippen molar-refractivity contribution in [3.8, 4) is 5.69 Å². The highest BCUT2D eigenvalue weighted by Crippen LogP contribution is 2.36. The van der Waals surface area contributed by atoms with Crippen molar-refractivity contribution in [3.63, 3.8) is 0 Å². The molecule has 0 saturated carbocycles. The zero-order valence-electron chi connectivity index (χ0n) is 16.8. The maximum Gasteiger partial charge on any atom is 0.294 e. The monoisotopic (exact) mass is 376 g/mol. The zero-order valence-corrected chi connectivity index (χ0v) is 16.8. The number of fused-ring (bicyclic) bond motifs is 6. The van der Waals surface area contributed by atoms with Crippen LogP contribution in [0.5, 0.6) is 0 Å². The fourth-order valence-corrected chi connectivity index (χ4v) is 5.04. The number of rotatable bonds is 1. The summed E-state index contributed by atoms with van der Waals surface area (Å²) < 4.78 is 6.97. The van der Waals surface area contributed by atoms with Gasteiger partial charge in [0, 0.05) is 34.3 Å². The van der Waals surface area contributed by atoms with E-state index in [0.29, 0.717) is 0 Å². The Morgan fingerprint density at radius 3 is 2.14 bits per heavy atom. The van der Waals surface area contributed by atoms with Crippen LogP contribution in [-0.2, 0) is 14.1 Å². The molecule has 3 nitrogen and oxygen atoms in total. The van der Waals surface area contributed by atoms with Crippen molar-refractivity contribution in [3.05, 3.63) is 84.6 Å². The van der Waals surface area contributed by atoms with Crippen LogP contribution in [0.15, 0.2) is 79.0 Å². The quantitative estimate of drug-likeness (QED) is 0.333. The molecule has 29 heavy (non-hydrogen) atoms. The second-order valence-electron chi connectivity index (χ2n) is 7.89. The highest BCUT2D eigenvalue weighted by Gasteiger charge is 2.24. The van der Waals surface area contributed by atoms with Crippen LogP contribution in [0.1, 0.15) is 5.56 Å². The molecule has 0 N–H and O–H groups in total. The molecule has 0 atom stereocenters. The second-order valence-corrected chi connectivity index (χ2v) is 7.89. The minimum absolute atomic E-state index is 1.22. The summed E-state index contributed by atoms with van der Waals surface area (Å²) in [7, 11) is 4.30. The van der Waals surface area contributed by atoms with E-state index in [2.05, 4.69) is 114 Å². The Morgan fingerprint density at radius 2 is 1.34 bits per heavy atom. The number of hydrogen-bond acceptors (Lipinski definition) is 0. The fourth-order valence-electron chi connectivity index (χ4n) is 5.04.